The van der Waals surface area contributed by atoms with Gasteiger partial charge in [0.05, 0.1) is 11.4 Å². The van der Waals surface area contributed by atoms with Gasteiger partial charge in [-0.3, -0.25) is 0 Å². The predicted octanol–water partition coefficient (Wildman–Crippen LogP) is 5.46. The standard InChI is InChI=1S/C20H32OSSi/c1-16(2)12-13-19(21)17(3)20(14-15-23(4,5)6)22-18-10-8-7-9-11-18/h7-11,16-17,19-21H,12-13H2,1-6H3. The van der Waals surface area contributed by atoms with Crippen molar-refractivity contribution in [2.24, 2.45) is 11.8 Å². The summed E-state index contributed by atoms with van der Waals surface area (Å²) < 4.78 is 0. The topological polar surface area (TPSA) is 20.2 Å². The van der Waals surface area contributed by atoms with Crippen molar-refractivity contribution >= 4 is 19.8 Å². The molecule has 0 saturated heterocycles. The maximum atomic E-state index is 10.6. The lowest BCUT2D eigenvalue weighted by molar-refractivity contribution is 0.106. The summed E-state index contributed by atoms with van der Waals surface area (Å²) in [4.78, 5) is 1.23. The van der Waals surface area contributed by atoms with E-state index in [0.29, 0.717) is 5.92 Å². The van der Waals surface area contributed by atoms with Gasteiger partial charge in [0.25, 0.3) is 0 Å². The Kier molecular flexibility index (Phi) is 8.46. The van der Waals surface area contributed by atoms with Gasteiger partial charge < -0.3 is 5.11 Å². The lowest BCUT2D eigenvalue weighted by Crippen LogP contribution is -2.28. The van der Waals surface area contributed by atoms with Crippen LogP contribution in [0.4, 0.5) is 0 Å². The first kappa shape index (κ1) is 20.4. The third kappa shape index (κ3) is 8.65. The second-order valence-electron chi connectivity index (χ2n) is 7.77. The summed E-state index contributed by atoms with van der Waals surface area (Å²) in [6.07, 6.45) is 1.64. The zero-order valence-electron chi connectivity index (χ0n) is 15.5. The van der Waals surface area contributed by atoms with Gasteiger partial charge in [-0.15, -0.1) is 17.3 Å². The van der Waals surface area contributed by atoms with Gasteiger partial charge in [0.1, 0.15) is 8.07 Å². The van der Waals surface area contributed by atoms with Crippen molar-refractivity contribution in [3.05, 3.63) is 30.3 Å². The minimum Gasteiger partial charge on any atom is -0.393 e. The third-order valence-electron chi connectivity index (χ3n) is 3.72. The Hall–Kier alpha value is -0.693. The first-order valence-electron chi connectivity index (χ1n) is 8.61. The highest BCUT2D eigenvalue weighted by Gasteiger charge is 2.24. The van der Waals surface area contributed by atoms with Gasteiger partial charge in [0.15, 0.2) is 0 Å². The van der Waals surface area contributed by atoms with Crippen LogP contribution in [-0.2, 0) is 0 Å². The Morgan fingerprint density at radius 3 is 2.17 bits per heavy atom. The molecule has 1 N–H and O–H groups in total. The molecule has 1 aromatic rings. The average molecular weight is 349 g/mol. The third-order valence-corrected chi connectivity index (χ3v) is 5.96. The number of hydrogen-bond acceptors (Lipinski definition) is 2. The van der Waals surface area contributed by atoms with Crippen LogP contribution >= 0.6 is 11.8 Å². The van der Waals surface area contributed by atoms with Crippen molar-refractivity contribution in [1.82, 2.24) is 0 Å². The van der Waals surface area contributed by atoms with Gasteiger partial charge in [0, 0.05) is 10.8 Å². The maximum absolute atomic E-state index is 10.6. The summed E-state index contributed by atoms with van der Waals surface area (Å²) >= 11 is 1.79. The van der Waals surface area contributed by atoms with E-state index in [9.17, 15) is 5.11 Å². The Morgan fingerprint density at radius 1 is 1.04 bits per heavy atom. The van der Waals surface area contributed by atoms with Gasteiger partial charge in [-0.05, 0) is 30.9 Å². The normalized spacial score (nSPS) is 15.7. The Bertz CT molecular complexity index is 510. The zero-order valence-corrected chi connectivity index (χ0v) is 17.3. The SMILES string of the molecule is CC(C)CCC(O)C(C)C(C#C[Si](C)(C)C)Sc1ccccc1. The molecule has 1 nitrogen and oxygen atoms in total. The van der Waals surface area contributed by atoms with Crippen LogP contribution in [0.2, 0.25) is 19.6 Å². The average Bonchev–Trinajstić information content (AvgIpc) is 2.48. The molecular weight excluding hydrogens is 316 g/mol. The molecule has 1 aromatic carbocycles. The zero-order chi connectivity index (χ0) is 17.5. The number of aliphatic hydroxyl groups is 1. The first-order valence-corrected chi connectivity index (χ1v) is 13.0. The quantitative estimate of drug-likeness (QED) is 0.401. The highest BCUT2D eigenvalue weighted by molar-refractivity contribution is 8.00. The predicted molar refractivity (Wildman–Crippen MR) is 106 cm³/mol. The van der Waals surface area contributed by atoms with E-state index in [0.717, 1.165) is 12.8 Å². The van der Waals surface area contributed by atoms with E-state index in [1.165, 1.54) is 4.90 Å². The largest absolute Gasteiger partial charge is 0.393 e. The van der Waals surface area contributed by atoms with Crippen molar-refractivity contribution in [3.8, 4) is 11.5 Å². The molecule has 3 unspecified atom stereocenters. The molecule has 3 atom stereocenters. The molecule has 0 spiro atoms. The maximum Gasteiger partial charge on any atom is 0.129 e. The molecule has 0 aliphatic rings. The van der Waals surface area contributed by atoms with E-state index in [-0.39, 0.29) is 17.3 Å². The van der Waals surface area contributed by atoms with Gasteiger partial charge in [-0.1, -0.05) is 64.5 Å². The molecule has 1 rings (SSSR count). The van der Waals surface area contributed by atoms with Crippen LogP contribution in [0.5, 0.6) is 0 Å². The number of rotatable bonds is 7. The van der Waals surface area contributed by atoms with Crippen LogP contribution < -0.4 is 0 Å². The molecule has 128 valence electrons. The van der Waals surface area contributed by atoms with E-state index in [1.807, 2.05) is 6.07 Å². The molecule has 0 amide bonds. The molecule has 0 aromatic heterocycles. The van der Waals surface area contributed by atoms with E-state index >= 15 is 0 Å². The van der Waals surface area contributed by atoms with Crippen molar-refractivity contribution in [3.63, 3.8) is 0 Å². The van der Waals surface area contributed by atoms with Crippen LogP contribution in [0.15, 0.2) is 35.2 Å². The molecule has 0 heterocycles. The van der Waals surface area contributed by atoms with Crippen LogP contribution in [0.1, 0.15) is 33.6 Å². The fourth-order valence-corrected chi connectivity index (χ4v) is 3.98. The lowest BCUT2D eigenvalue weighted by Gasteiger charge is -2.25. The van der Waals surface area contributed by atoms with E-state index < -0.39 is 8.07 Å². The molecular formula is C20H32OSSi. The van der Waals surface area contributed by atoms with E-state index in [4.69, 9.17) is 0 Å². The number of hydrogen-bond donors (Lipinski definition) is 1. The minimum atomic E-state index is -1.41. The molecule has 0 fully saturated rings. The smallest absolute Gasteiger partial charge is 0.129 e. The summed E-state index contributed by atoms with van der Waals surface area (Å²) in [5.74, 6) is 4.29. The van der Waals surface area contributed by atoms with Crippen molar-refractivity contribution in [2.45, 2.75) is 69.5 Å². The summed E-state index contributed by atoms with van der Waals surface area (Å²) in [7, 11) is -1.41. The lowest BCUT2D eigenvalue weighted by atomic mass is 9.94. The van der Waals surface area contributed by atoms with Crippen LogP contribution in [0.25, 0.3) is 0 Å². The highest BCUT2D eigenvalue weighted by Crippen LogP contribution is 2.31. The highest BCUT2D eigenvalue weighted by atomic mass is 32.2. The van der Waals surface area contributed by atoms with Crippen molar-refractivity contribution in [2.75, 3.05) is 0 Å². The molecule has 0 aliphatic heterocycles. The summed E-state index contributed by atoms with van der Waals surface area (Å²) in [6.45, 7) is 13.4. The van der Waals surface area contributed by atoms with Crippen LogP contribution in [0, 0.1) is 23.3 Å². The summed E-state index contributed by atoms with van der Waals surface area (Å²) in [6, 6.07) is 10.4. The van der Waals surface area contributed by atoms with Crippen LogP contribution in [0.3, 0.4) is 0 Å². The first-order chi connectivity index (χ1) is 10.7. The molecule has 23 heavy (non-hydrogen) atoms. The van der Waals surface area contributed by atoms with Gasteiger partial charge >= 0.3 is 0 Å². The monoisotopic (exact) mass is 348 g/mol. The van der Waals surface area contributed by atoms with Crippen molar-refractivity contribution < 1.29 is 5.11 Å². The van der Waals surface area contributed by atoms with Crippen molar-refractivity contribution in [1.29, 1.82) is 0 Å². The van der Waals surface area contributed by atoms with E-state index in [1.54, 1.807) is 11.8 Å². The Balaban J connectivity index is 2.86. The summed E-state index contributed by atoms with van der Waals surface area (Å²) in [5, 5.41) is 10.7. The second kappa shape index (κ2) is 9.57. The number of thioether (sulfide) groups is 1. The molecule has 0 radical (unpaired) electrons. The Labute approximate surface area is 148 Å². The molecule has 0 bridgehead atoms. The van der Waals surface area contributed by atoms with Gasteiger partial charge in [-0.2, -0.15) is 0 Å². The minimum absolute atomic E-state index is 0.145. The van der Waals surface area contributed by atoms with Crippen LogP contribution in [-0.4, -0.2) is 24.5 Å². The Morgan fingerprint density at radius 2 is 1.65 bits per heavy atom. The fourth-order valence-electron chi connectivity index (χ4n) is 2.17. The van der Waals surface area contributed by atoms with Gasteiger partial charge in [-0.25, -0.2) is 0 Å². The number of benzene rings is 1. The fraction of sp³-hybridized carbons (Fsp3) is 0.600. The van der Waals surface area contributed by atoms with Gasteiger partial charge in [0.2, 0.25) is 0 Å². The molecule has 3 heteroatoms. The molecule has 0 aliphatic carbocycles. The summed E-state index contributed by atoms with van der Waals surface area (Å²) in [5.41, 5.74) is 3.50. The second-order valence-corrected chi connectivity index (χ2v) is 13.7. The van der Waals surface area contributed by atoms with E-state index in [2.05, 4.69) is 76.1 Å². The molecule has 0 saturated carbocycles. The number of aliphatic hydroxyl groups excluding tert-OH is 1.